The molecule has 190 valence electrons. The summed E-state index contributed by atoms with van der Waals surface area (Å²) in [6, 6.07) is 4.29. The topological polar surface area (TPSA) is 73.8 Å². The molecular formula is C23H28F2N4O3S3. The maximum Gasteiger partial charge on any atom is 0.253 e. The Morgan fingerprint density at radius 1 is 1.20 bits per heavy atom. The van der Waals surface area contributed by atoms with Gasteiger partial charge in [0.2, 0.25) is 5.91 Å². The van der Waals surface area contributed by atoms with E-state index in [1.54, 1.807) is 17.5 Å². The summed E-state index contributed by atoms with van der Waals surface area (Å²) in [5, 5.41) is 1.93. The number of nitrogens with zero attached hydrogens (tertiary/aromatic N) is 4. The van der Waals surface area contributed by atoms with E-state index in [1.807, 2.05) is 13.8 Å². The summed E-state index contributed by atoms with van der Waals surface area (Å²) < 4.78 is 56.7. The zero-order valence-electron chi connectivity index (χ0n) is 19.6. The maximum atomic E-state index is 14.4. The minimum Gasteiger partial charge on any atom is -0.302 e. The number of rotatable bonds is 9. The molecule has 1 aliphatic rings. The summed E-state index contributed by atoms with van der Waals surface area (Å²) in [4.78, 5) is 21.9. The second kappa shape index (κ2) is 11.0. The number of fused-ring (bicyclic) bond motifs is 1. The minimum absolute atomic E-state index is 0.00116. The molecule has 0 aliphatic carbocycles. The molecule has 1 amide bonds. The lowest BCUT2D eigenvalue weighted by Crippen LogP contribution is -2.54. The Morgan fingerprint density at radius 2 is 1.97 bits per heavy atom. The van der Waals surface area contributed by atoms with E-state index in [2.05, 4.69) is 9.88 Å². The van der Waals surface area contributed by atoms with E-state index < -0.39 is 33.6 Å². The molecule has 0 N–H and O–H groups in total. The van der Waals surface area contributed by atoms with Crippen molar-refractivity contribution in [2.24, 2.45) is 0 Å². The summed E-state index contributed by atoms with van der Waals surface area (Å²) in [6.45, 7) is 6.63. The fourth-order valence-electron chi connectivity index (χ4n) is 4.29. The van der Waals surface area contributed by atoms with Gasteiger partial charge in [-0.2, -0.15) is 4.31 Å². The molecule has 2 aromatic heterocycles. The van der Waals surface area contributed by atoms with Crippen molar-refractivity contribution in [3.8, 4) is 0 Å². The number of aromatic nitrogens is 1. The van der Waals surface area contributed by atoms with Crippen molar-refractivity contribution < 1.29 is 22.0 Å². The molecule has 1 saturated heterocycles. The van der Waals surface area contributed by atoms with Gasteiger partial charge < -0.3 is 4.90 Å². The zero-order valence-corrected chi connectivity index (χ0v) is 22.1. The number of carbonyl (C=O) groups is 1. The van der Waals surface area contributed by atoms with Crippen LogP contribution in [0.25, 0.3) is 10.2 Å². The van der Waals surface area contributed by atoms with Crippen LogP contribution in [0.3, 0.4) is 0 Å². The van der Waals surface area contributed by atoms with E-state index in [0.717, 1.165) is 48.3 Å². The number of thiazole rings is 1. The molecule has 1 aromatic carbocycles. The van der Waals surface area contributed by atoms with Gasteiger partial charge >= 0.3 is 0 Å². The number of carbonyl (C=O) groups excluding carboxylic acids is 1. The molecule has 7 nitrogen and oxygen atoms in total. The quantitative estimate of drug-likeness (QED) is 0.397. The molecule has 3 heterocycles. The Bertz CT molecular complexity index is 1280. The number of anilines is 1. The van der Waals surface area contributed by atoms with Crippen LogP contribution in [0.2, 0.25) is 0 Å². The summed E-state index contributed by atoms with van der Waals surface area (Å²) in [5.74, 6) is -1.90. The van der Waals surface area contributed by atoms with Crippen molar-refractivity contribution in [3.05, 3.63) is 41.3 Å². The predicted molar refractivity (Wildman–Crippen MR) is 136 cm³/mol. The normalized spacial score (nSPS) is 17.3. The summed E-state index contributed by atoms with van der Waals surface area (Å²) in [7, 11) is -3.84. The fraction of sp³-hybridized carbons (Fsp3) is 0.478. The van der Waals surface area contributed by atoms with Gasteiger partial charge in [-0.15, -0.1) is 11.3 Å². The second-order valence-electron chi connectivity index (χ2n) is 8.31. The third kappa shape index (κ3) is 5.41. The van der Waals surface area contributed by atoms with Gasteiger partial charge in [0.05, 0.1) is 4.70 Å². The van der Waals surface area contributed by atoms with E-state index in [4.69, 9.17) is 0 Å². The van der Waals surface area contributed by atoms with Gasteiger partial charge in [-0.25, -0.2) is 22.2 Å². The SMILES string of the molecule is CCN(CC)CCN(C(=O)C1CCCCN1S(=O)(=O)c1cccs1)c1nc2c(F)cc(F)cc2s1. The second-order valence-corrected chi connectivity index (χ2v) is 12.4. The van der Waals surface area contributed by atoms with E-state index in [1.165, 1.54) is 15.3 Å². The molecule has 1 aliphatic heterocycles. The summed E-state index contributed by atoms with van der Waals surface area (Å²) >= 11 is 2.15. The fourth-order valence-corrected chi connectivity index (χ4v) is 8.09. The lowest BCUT2D eigenvalue weighted by Gasteiger charge is -2.36. The van der Waals surface area contributed by atoms with Gasteiger partial charge in [-0.1, -0.05) is 37.7 Å². The van der Waals surface area contributed by atoms with Crippen molar-refractivity contribution in [1.82, 2.24) is 14.2 Å². The first kappa shape index (κ1) is 26.1. The Balaban J connectivity index is 1.72. The highest BCUT2D eigenvalue weighted by Crippen LogP contribution is 2.34. The van der Waals surface area contributed by atoms with Crippen LogP contribution in [0.15, 0.2) is 33.9 Å². The molecule has 35 heavy (non-hydrogen) atoms. The average Bonchev–Trinajstić information content (AvgIpc) is 3.53. The van der Waals surface area contributed by atoms with Gasteiger partial charge in [0.1, 0.15) is 21.6 Å². The van der Waals surface area contributed by atoms with Gasteiger partial charge in [0.15, 0.2) is 10.9 Å². The molecule has 1 fully saturated rings. The number of amides is 1. The molecule has 4 rings (SSSR count). The number of benzene rings is 1. The van der Waals surface area contributed by atoms with Crippen LogP contribution in [-0.4, -0.2) is 67.3 Å². The lowest BCUT2D eigenvalue weighted by atomic mass is 10.0. The number of likely N-dealkylation sites (N-methyl/N-ethyl adjacent to an activating group) is 1. The largest absolute Gasteiger partial charge is 0.302 e. The molecule has 1 atom stereocenters. The number of sulfonamides is 1. The molecule has 0 spiro atoms. The van der Waals surface area contributed by atoms with Crippen LogP contribution in [0.4, 0.5) is 13.9 Å². The number of hydrogen-bond donors (Lipinski definition) is 0. The van der Waals surface area contributed by atoms with Gasteiger partial charge in [-0.3, -0.25) is 9.69 Å². The van der Waals surface area contributed by atoms with Crippen molar-refractivity contribution in [2.75, 3.05) is 37.6 Å². The monoisotopic (exact) mass is 542 g/mol. The molecule has 0 bridgehead atoms. The van der Waals surface area contributed by atoms with Crippen molar-refractivity contribution in [1.29, 1.82) is 0 Å². The van der Waals surface area contributed by atoms with Crippen molar-refractivity contribution in [2.45, 2.75) is 43.4 Å². The van der Waals surface area contributed by atoms with E-state index in [-0.39, 0.29) is 27.9 Å². The van der Waals surface area contributed by atoms with Crippen molar-refractivity contribution >= 4 is 54.0 Å². The highest BCUT2D eigenvalue weighted by atomic mass is 32.2. The van der Waals surface area contributed by atoms with Gasteiger partial charge in [-0.05, 0) is 43.4 Å². The highest BCUT2D eigenvalue weighted by Gasteiger charge is 2.40. The van der Waals surface area contributed by atoms with Crippen LogP contribution in [-0.2, 0) is 14.8 Å². The maximum absolute atomic E-state index is 14.4. The molecule has 12 heteroatoms. The minimum atomic E-state index is -3.84. The Kier molecular flexibility index (Phi) is 8.16. The smallest absolute Gasteiger partial charge is 0.253 e. The zero-order chi connectivity index (χ0) is 25.2. The van der Waals surface area contributed by atoms with Crippen LogP contribution in [0.1, 0.15) is 33.1 Å². The first-order chi connectivity index (χ1) is 16.8. The summed E-state index contributed by atoms with van der Waals surface area (Å²) in [6.07, 6.45) is 1.77. The number of piperidine rings is 1. The Labute approximate surface area is 212 Å². The van der Waals surface area contributed by atoms with Crippen LogP contribution in [0, 0.1) is 11.6 Å². The predicted octanol–water partition coefficient (Wildman–Crippen LogP) is 4.55. The Morgan fingerprint density at radius 3 is 2.66 bits per heavy atom. The lowest BCUT2D eigenvalue weighted by molar-refractivity contribution is -0.123. The van der Waals surface area contributed by atoms with E-state index in [9.17, 15) is 22.0 Å². The van der Waals surface area contributed by atoms with Crippen molar-refractivity contribution in [3.63, 3.8) is 0 Å². The number of thiophene rings is 1. The average molecular weight is 543 g/mol. The van der Waals surface area contributed by atoms with Crippen LogP contribution < -0.4 is 4.90 Å². The standard InChI is InChI=1S/C23H28F2N4O3S3/c1-3-27(4-2)11-12-28(23-26-21-17(25)14-16(24)15-19(21)34-23)22(30)18-8-5-6-10-29(18)35(31,32)20-9-7-13-33-20/h7,9,13-15,18H,3-6,8,10-12H2,1-2H3. The molecular weight excluding hydrogens is 514 g/mol. The number of hydrogen-bond acceptors (Lipinski definition) is 7. The molecule has 1 unspecified atom stereocenters. The third-order valence-electron chi connectivity index (χ3n) is 6.23. The molecule has 0 saturated carbocycles. The van der Waals surface area contributed by atoms with E-state index in [0.29, 0.717) is 24.1 Å². The van der Waals surface area contributed by atoms with Crippen LogP contribution in [0.5, 0.6) is 0 Å². The number of halogens is 2. The van der Waals surface area contributed by atoms with Crippen LogP contribution >= 0.6 is 22.7 Å². The van der Waals surface area contributed by atoms with Gasteiger partial charge in [0.25, 0.3) is 10.0 Å². The van der Waals surface area contributed by atoms with E-state index >= 15 is 0 Å². The Hall–Kier alpha value is -1.99. The first-order valence-electron chi connectivity index (χ1n) is 11.6. The highest BCUT2D eigenvalue weighted by molar-refractivity contribution is 7.91. The van der Waals surface area contributed by atoms with Gasteiger partial charge in [0, 0.05) is 25.7 Å². The third-order valence-corrected chi connectivity index (χ3v) is 10.5. The first-order valence-corrected chi connectivity index (χ1v) is 14.7. The summed E-state index contributed by atoms with van der Waals surface area (Å²) in [5.41, 5.74) is -0.00116. The molecule has 3 aromatic rings. The molecule has 0 radical (unpaired) electrons.